The van der Waals surface area contributed by atoms with Crippen molar-refractivity contribution in [3.63, 3.8) is 0 Å². The second kappa shape index (κ2) is 11.0. The van der Waals surface area contributed by atoms with Crippen molar-refractivity contribution in [2.24, 2.45) is 0 Å². The maximum absolute atomic E-state index is 13.7. The number of carbonyl (C=O) groups excluding carboxylic acids is 2. The molecule has 7 heteroatoms. The molecular weight excluding hydrogens is 460 g/mol. The van der Waals surface area contributed by atoms with E-state index in [-0.39, 0.29) is 36.9 Å². The van der Waals surface area contributed by atoms with E-state index in [1.165, 1.54) is 10.4 Å². The standard InChI is InChI=1S/C28H32N2O4S/c1-19(2)30(26(31)17-20-5-9-22(33-3)10-6-20)18-27(32)29-15-13-25-24(14-16-35-25)28(29)21-7-11-23(34-4)12-8-21/h5-12,14,16,19,28H,13,15,17-18H2,1-4H3. The van der Waals surface area contributed by atoms with E-state index in [1.807, 2.05) is 67.3 Å². The molecule has 0 spiro atoms. The monoisotopic (exact) mass is 492 g/mol. The van der Waals surface area contributed by atoms with Crippen LogP contribution in [0.3, 0.4) is 0 Å². The molecular formula is C28H32N2O4S. The van der Waals surface area contributed by atoms with E-state index in [0.29, 0.717) is 6.54 Å². The van der Waals surface area contributed by atoms with Crippen LogP contribution in [0.1, 0.15) is 41.5 Å². The molecule has 0 saturated heterocycles. The van der Waals surface area contributed by atoms with E-state index in [1.54, 1.807) is 30.5 Å². The lowest BCUT2D eigenvalue weighted by molar-refractivity contribution is -0.142. The molecule has 4 rings (SSSR count). The summed E-state index contributed by atoms with van der Waals surface area (Å²) in [5.74, 6) is 1.43. The predicted octanol–water partition coefficient (Wildman–Crippen LogP) is 4.72. The SMILES string of the molecule is COc1ccc(CC(=O)N(CC(=O)N2CCc3sccc3C2c2ccc(OC)cc2)C(C)C)cc1. The minimum absolute atomic E-state index is 0.0422. The van der Waals surface area contributed by atoms with Gasteiger partial charge >= 0.3 is 0 Å². The summed E-state index contributed by atoms with van der Waals surface area (Å²) in [5.41, 5.74) is 3.10. The molecule has 2 heterocycles. The van der Waals surface area contributed by atoms with Crippen molar-refractivity contribution in [3.05, 3.63) is 81.5 Å². The average Bonchev–Trinajstić information content (AvgIpc) is 3.36. The summed E-state index contributed by atoms with van der Waals surface area (Å²) in [6.45, 7) is 4.58. The normalized spacial score (nSPS) is 15.0. The van der Waals surface area contributed by atoms with Gasteiger partial charge in [-0.2, -0.15) is 0 Å². The summed E-state index contributed by atoms with van der Waals surface area (Å²) in [5, 5.41) is 2.09. The number of nitrogens with zero attached hydrogens (tertiary/aromatic N) is 2. The fourth-order valence-electron chi connectivity index (χ4n) is 4.55. The molecule has 0 aliphatic carbocycles. The van der Waals surface area contributed by atoms with Crippen molar-refractivity contribution in [1.82, 2.24) is 9.80 Å². The largest absolute Gasteiger partial charge is 0.497 e. The zero-order valence-electron chi connectivity index (χ0n) is 20.7. The molecule has 3 aromatic rings. The van der Waals surface area contributed by atoms with Gasteiger partial charge in [-0.15, -0.1) is 11.3 Å². The number of thiophene rings is 1. The molecule has 35 heavy (non-hydrogen) atoms. The summed E-state index contributed by atoms with van der Waals surface area (Å²) in [4.78, 5) is 31.8. The molecule has 1 atom stereocenters. The predicted molar refractivity (Wildman–Crippen MR) is 138 cm³/mol. The summed E-state index contributed by atoms with van der Waals surface area (Å²) >= 11 is 1.74. The fraction of sp³-hybridized carbons (Fsp3) is 0.357. The number of hydrogen-bond acceptors (Lipinski definition) is 5. The van der Waals surface area contributed by atoms with E-state index in [9.17, 15) is 9.59 Å². The second-order valence-corrected chi connectivity index (χ2v) is 9.95. The third-order valence-corrected chi connectivity index (χ3v) is 7.48. The Morgan fingerprint density at radius 3 is 2.23 bits per heavy atom. The topological polar surface area (TPSA) is 59.1 Å². The first kappa shape index (κ1) is 24.8. The minimum Gasteiger partial charge on any atom is -0.497 e. The van der Waals surface area contributed by atoms with Crippen LogP contribution in [0.4, 0.5) is 0 Å². The summed E-state index contributed by atoms with van der Waals surface area (Å²) in [6, 6.07) is 17.2. The van der Waals surface area contributed by atoms with Crippen molar-refractivity contribution in [3.8, 4) is 11.5 Å². The van der Waals surface area contributed by atoms with Gasteiger partial charge in [-0.25, -0.2) is 0 Å². The van der Waals surface area contributed by atoms with Gasteiger partial charge in [-0.3, -0.25) is 9.59 Å². The molecule has 2 amide bonds. The van der Waals surface area contributed by atoms with Crippen LogP contribution >= 0.6 is 11.3 Å². The first-order chi connectivity index (χ1) is 16.9. The zero-order chi connectivity index (χ0) is 24.9. The quantitative estimate of drug-likeness (QED) is 0.457. The van der Waals surface area contributed by atoms with Crippen LogP contribution in [-0.4, -0.2) is 55.0 Å². The molecule has 1 aliphatic heterocycles. The van der Waals surface area contributed by atoms with E-state index in [0.717, 1.165) is 29.0 Å². The molecule has 1 aliphatic rings. The molecule has 1 aromatic heterocycles. The van der Waals surface area contributed by atoms with Gasteiger partial charge in [0.15, 0.2) is 0 Å². The number of benzene rings is 2. The maximum Gasteiger partial charge on any atom is 0.243 e. The highest BCUT2D eigenvalue weighted by Gasteiger charge is 2.34. The Morgan fingerprint density at radius 2 is 1.63 bits per heavy atom. The van der Waals surface area contributed by atoms with E-state index in [2.05, 4.69) is 11.4 Å². The van der Waals surface area contributed by atoms with E-state index in [4.69, 9.17) is 9.47 Å². The number of rotatable bonds is 8. The number of amides is 2. The lowest BCUT2D eigenvalue weighted by Crippen LogP contribution is -2.49. The molecule has 184 valence electrons. The Bertz CT molecular complexity index is 1150. The number of methoxy groups -OCH3 is 2. The Balaban J connectivity index is 1.54. The first-order valence-corrected chi connectivity index (χ1v) is 12.7. The Hall–Kier alpha value is -3.32. The Morgan fingerprint density at radius 1 is 1.00 bits per heavy atom. The highest BCUT2D eigenvalue weighted by Crippen LogP contribution is 2.38. The molecule has 0 fully saturated rings. The molecule has 2 aromatic carbocycles. The third-order valence-electron chi connectivity index (χ3n) is 6.48. The number of fused-ring (bicyclic) bond motifs is 1. The smallest absolute Gasteiger partial charge is 0.243 e. The van der Waals surface area contributed by atoms with Gasteiger partial charge in [0.25, 0.3) is 0 Å². The lowest BCUT2D eigenvalue weighted by atomic mass is 9.93. The summed E-state index contributed by atoms with van der Waals surface area (Å²) in [7, 11) is 3.26. The van der Waals surface area contributed by atoms with Gasteiger partial charge < -0.3 is 19.3 Å². The average molecular weight is 493 g/mol. The van der Waals surface area contributed by atoms with Gasteiger partial charge in [0.2, 0.25) is 11.8 Å². The van der Waals surface area contributed by atoms with Crippen LogP contribution in [0.25, 0.3) is 0 Å². The van der Waals surface area contributed by atoms with Crippen LogP contribution in [0.2, 0.25) is 0 Å². The molecule has 1 unspecified atom stereocenters. The van der Waals surface area contributed by atoms with Crippen LogP contribution in [0.15, 0.2) is 60.0 Å². The van der Waals surface area contributed by atoms with Crippen LogP contribution in [0, 0.1) is 0 Å². The van der Waals surface area contributed by atoms with Crippen molar-refractivity contribution in [2.75, 3.05) is 27.3 Å². The maximum atomic E-state index is 13.7. The van der Waals surface area contributed by atoms with Crippen molar-refractivity contribution in [2.45, 2.75) is 38.8 Å². The van der Waals surface area contributed by atoms with Crippen molar-refractivity contribution < 1.29 is 19.1 Å². The first-order valence-electron chi connectivity index (χ1n) is 11.8. The molecule has 0 saturated carbocycles. The van der Waals surface area contributed by atoms with Crippen molar-refractivity contribution in [1.29, 1.82) is 0 Å². The summed E-state index contributed by atoms with van der Waals surface area (Å²) in [6.07, 6.45) is 1.07. The van der Waals surface area contributed by atoms with Gasteiger partial charge in [-0.1, -0.05) is 24.3 Å². The summed E-state index contributed by atoms with van der Waals surface area (Å²) < 4.78 is 10.5. The van der Waals surface area contributed by atoms with E-state index >= 15 is 0 Å². The fourth-order valence-corrected chi connectivity index (χ4v) is 5.45. The zero-order valence-corrected chi connectivity index (χ0v) is 21.5. The van der Waals surface area contributed by atoms with Crippen LogP contribution in [-0.2, 0) is 22.4 Å². The minimum atomic E-state index is -0.172. The number of ether oxygens (including phenoxy) is 2. The van der Waals surface area contributed by atoms with Gasteiger partial charge in [0.1, 0.15) is 18.0 Å². The number of carbonyl (C=O) groups is 2. The number of hydrogen-bond donors (Lipinski definition) is 0. The third kappa shape index (κ3) is 5.51. The highest BCUT2D eigenvalue weighted by molar-refractivity contribution is 7.10. The van der Waals surface area contributed by atoms with Crippen molar-refractivity contribution >= 4 is 23.2 Å². The molecule has 6 nitrogen and oxygen atoms in total. The van der Waals surface area contributed by atoms with Crippen LogP contribution < -0.4 is 9.47 Å². The Kier molecular flexibility index (Phi) is 7.76. The second-order valence-electron chi connectivity index (χ2n) is 8.95. The highest BCUT2D eigenvalue weighted by atomic mass is 32.1. The Labute approximate surface area is 211 Å². The van der Waals surface area contributed by atoms with Gasteiger partial charge in [0, 0.05) is 17.5 Å². The van der Waals surface area contributed by atoms with Crippen LogP contribution in [0.5, 0.6) is 11.5 Å². The molecule has 0 radical (unpaired) electrons. The van der Waals surface area contributed by atoms with E-state index < -0.39 is 0 Å². The molecule has 0 bridgehead atoms. The van der Waals surface area contributed by atoms with Gasteiger partial charge in [0.05, 0.1) is 26.7 Å². The van der Waals surface area contributed by atoms with Gasteiger partial charge in [-0.05, 0) is 72.7 Å². The molecule has 0 N–H and O–H groups in total. The lowest BCUT2D eigenvalue weighted by Gasteiger charge is -2.38.